The molecule has 1 saturated heterocycles. The molecule has 6 heteroatoms. The van der Waals surface area contributed by atoms with Gasteiger partial charge in [0.25, 0.3) is 0 Å². The molecule has 0 aliphatic carbocycles. The van der Waals surface area contributed by atoms with Gasteiger partial charge in [0.1, 0.15) is 0 Å². The van der Waals surface area contributed by atoms with Crippen LogP contribution in [0.1, 0.15) is 42.6 Å². The largest absolute Gasteiger partial charge is 0.345 e. The summed E-state index contributed by atoms with van der Waals surface area (Å²) in [6, 6.07) is 0.0923. The van der Waals surface area contributed by atoms with Gasteiger partial charge in [-0.05, 0) is 38.7 Å². The summed E-state index contributed by atoms with van der Waals surface area (Å²) in [6.45, 7) is 5.11. The van der Waals surface area contributed by atoms with E-state index in [1.165, 1.54) is 0 Å². The number of aromatic nitrogens is 2. The lowest BCUT2D eigenvalue weighted by molar-refractivity contribution is -0.131. The number of carbonyl (C=O) groups excluding carboxylic acids is 1. The fourth-order valence-corrected chi connectivity index (χ4v) is 2.91. The van der Waals surface area contributed by atoms with Crippen LogP contribution in [-0.4, -0.2) is 39.9 Å². The minimum atomic E-state index is -0.335. The van der Waals surface area contributed by atoms with Crippen molar-refractivity contribution >= 4 is 5.91 Å². The molecular weight excluding hydrogens is 268 g/mol. The van der Waals surface area contributed by atoms with E-state index in [1.807, 2.05) is 18.7 Å². The van der Waals surface area contributed by atoms with E-state index < -0.39 is 0 Å². The van der Waals surface area contributed by atoms with Crippen LogP contribution in [-0.2, 0) is 11.2 Å². The number of likely N-dealkylation sites (tertiary alicyclic amines) is 1. The van der Waals surface area contributed by atoms with Crippen molar-refractivity contribution in [2.24, 2.45) is 5.73 Å². The molecule has 1 amide bonds. The molecule has 0 bridgehead atoms. The minimum absolute atomic E-state index is 0.0923. The van der Waals surface area contributed by atoms with E-state index in [0.29, 0.717) is 25.1 Å². The van der Waals surface area contributed by atoms with Gasteiger partial charge >= 0.3 is 5.69 Å². The molecular formula is C15H24N4O2. The number of nitrogens with one attached hydrogen (secondary N) is 1. The van der Waals surface area contributed by atoms with Crippen molar-refractivity contribution in [3.63, 3.8) is 0 Å². The van der Waals surface area contributed by atoms with Crippen LogP contribution in [0.4, 0.5) is 0 Å². The van der Waals surface area contributed by atoms with E-state index in [2.05, 4.69) is 9.97 Å². The smallest absolute Gasteiger partial charge is 0.341 e. The average molecular weight is 292 g/mol. The second kappa shape index (κ2) is 6.85. The van der Waals surface area contributed by atoms with Gasteiger partial charge in [-0.2, -0.15) is 4.98 Å². The zero-order chi connectivity index (χ0) is 15.4. The second-order valence-corrected chi connectivity index (χ2v) is 5.83. The van der Waals surface area contributed by atoms with E-state index >= 15 is 0 Å². The minimum Gasteiger partial charge on any atom is -0.341 e. The highest BCUT2D eigenvalue weighted by Gasteiger charge is 2.20. The Hall–Kier alpha value is -1.69. The van der Waals surface area contributed by atoms with Crippen LogP contribution in [0.5, 0.6) is 0 Å². The number of hydrogen-bond donors (Lipinski definition) is 2. The van der Waals surface area contributed by atoms with Gasteiger partial charge in [0, 0.05) is 36.9 Å². The van der Waals surface area contributed by atoms with Crippen molar-refractivity contribution in [3.8, 4) is 0 Å². The molecule has 1 aliphatic heterocycles. The lowest BCUT2D eigenvalue weighted by Gasteiger charge is -2.23. The van der Waals surface area contributed by atoms with Gasteiger partial charge in [-0.1, -0.05) is 6.42 Å². The Bertz CT molecular complexity index is 541. The summed E-state index contributed by atoms with van der Waals surface area (Å²) in [6.07, 6.45) is 4.14. The number of nitrogens with two attached hydrogens (primary N) is 1. The molecule has 1 atom stereocenters. The summed E-state index contributed by atoms with van der Waals surface area (Å²) in [5, 5.41) is 0. The van der Waals surface area contributed by atoms with Crippen molar-refractivity contribution in [2.75, 3.05) is 13.1 Å². The average Bonchev–Trinajstić information content (AvgIpc) is 2.62. The number of aromatic amines is 1. The van der Waals surface area contributed by atoms with Crippen molar-refractivity contribution in [1.29, 1.82) is 0 Å². The lowest BCUT2D eigenvalue weighted by Crippen LogP contribution is -2.39. The Kier molecular flexibility index (Phi) is 5.12. The molecule has 3 N–H and O–H groups in total. The third-order valence-corrected chi connectivity index (χ3v) is 4.10. The first-order valence-electron chi connectivity index (χ1n) is 7.57. The quantitative estimate of drug-likeness (QED) is 0.856. The van der Waals surface area contributed by atoms with Crippen LogP contribution >= 0.6 is 0 Å². The highest BCUT2D eigenvalue weighted by Crippen LogP contribution is 2.14. The van der Waals surface area contributed by atoms with Crippen LogP contribution in [0.2, 0.25) is 0 Å². The number of hydrogen-bond acceptors (Lipinski definition) is 4. The molecule has 6 nitrogen and oxygen atoms in total. The molecule has 1 unspecified atom stereocenters. The molecule has 1 aromatic rings. The normalized spacial score (nSPS) is 19.4. The SMILES string of the molecule is Cc1nc(=O)[nH]c(C)c1CCC(=O)N1CCCCC(N)C1. The van der Waals surface area contributed by atoms with Gasteiger partial charge in [-0.15, -0.1) is 0 Å². The van der Waals surface area contributed by atoms with Gasteiger partial charge in [-0.3, -0.25) is 4.79 Å². The molecule has 0 radical (unpaired) electrons. The number of amides is 1. The Balaban J connectivity index is 1.99. The zero-order valence-corrected chi connectivity index (χ0v) is 12.8. The molecule has 0 saturated carbocycles. The zero-order valence-electron chi connectivity index (χ0n) is 12.8. The number of rotatable bonds is 3. The Morgan fingerprint density at radius 2 is 2.19 bits per heavy atom. The molecule has 1 aliphatic rings. The van der Waals surface area contributed by atoms with E-state index in [1.54, 1.807) is 0 Å². The van der Waals surface area contributed by atoms with Crippen molar-refractivity contribution < 1.29 is 4.79 Å². The predicted molar refractivity (Wildman–Crippen MR) is 81.1 cm³/mol. The monoisotopic (exact) mass is 292 g/mol. The third-order valence-electron chi connectivity index (χ3n) is 4.10. The number of carbonyl (C=O) groups is 1. The Morgan fingerprint density at radius 3 is 2.90 bits per heavy atom. The molecule has 2 heterocycles. The standard InChI is InChI=1S/C15H24N4O2/c1-10-13(11(2)18-15(21)17-10)6-7-14(20)19-8-4-3-5-12(16)9-19/h12H,3-9,16H2,1-2H3,(H,17,18,21). The maximum atomic E-state index is 12.3. The molecule has 116 valence electrons. The lowest BCUT2D eigenvalue weighted by atomic mass is 10.1. The maximum absolute atomic E-state index is 12.3. The van der Waals surface area contributed by atoms with Crippen molar-refractivity contribution in [1.82, 2.24) is 14.9 Å². The summed E-state index contributed by atoms with van der Waals surface area (Å²) in [4.78, 5) is 32.1. The molecule has 0 spiro atoms. The van der Waals surface area contributed by atoms with Gasteiger partial charge in [0.05, 0.1) is 0 Å². The van der Waals surface area contributed by atoms with E-state index in [9.17, 15) is 9.59 Å². The molecule has 2 rings (SSSR count). The first-order valence-corrected chi connectivity index (χ1v) is 7.57. The van der Waals surface area contributed by atoms with Gasteiger partial charge < -0.3 is 15.6 Å². The topological polar surface area (TPSA) is 92.1 Å². The summed E-state index contributed by atoms with van der Waals surface area (Å²) in [7, 11) is 0. The first kappa shape index (κ1) is 15.7. The fourth-order valence-electron chi connectivity index (χ4n) is 2.91. The van der Waals surface area contributed by atoms with Crippen LogP contribution in [0.15, 0.2) is 4.79 Å². The van der Waals surface area contributed by atoms with Gasteiger partial charge in [0.15, 0.2) is 0 Å². The Labute approximate surface area is 124 Å². The number of nitrogens with zero attached hydrogens (tertiary/aromatic N) is 2. The van der Waals surface area contributed by atoms with Crippen LogP contribution in [0.3, 0.4) is 0 Å². The Morgan fingerprint density at radius 1 is 1.43 bits per heavy atom. The highest BCUT2D eigenvalue weighted by atomic mass is 16.2. The molecule has 1 aromatic heterocycles. The van der Waals surface area contributed by atoms with Crippen molar-refractivity contribution in [2.45, 2.75) is 52.0 Å². The second-order valence-electron chi connectivity index (χ2n) is 5.83. The number of H-pyrrole nitrogens is 1. The first-order chi connectivity index (χ1) is 9.97. The maximum Gasteiger partial charge on any atom is 0.345 e. The predicted octanol–water partition coefficient (Wildman–Crippen LogP) is 0.659. The summed E-state index contributed by atoms with van der Waals surface area (Å²) < 4.78 is 0. The highest BCUT2D eigenvalue weighted by molar-refractivity contribution is 5.76. The fraction of sp³-hybridized carbons (Fsp3) is 0.667. The summed E-state index contributed by atoms with van der Waals surface area (Å²) >= 11 is 0. The van der Waals surface area contributed by atoms with Crippen LogP contribution in [0, 0.1) is 13.8 Å². The molecule has 21 heavy (non-hydrogen) atoms. The van der Waals surface area contributed by atoms with Gasteiger partial charge in [-0.25, -0.2) is 4.79 Å². The third kappa shape index (κ3) is 4.14. The number of aryl methyl sites for hydroxylation is 2. The molecule has 0 aromatic carbocycles. The van der Waals surface area contributed by atoms with Crippen LogP contribution < -0.4 is 11.4 Å². The summed E-state index contributed by atoms with van der Waals surface area (Å²) in [5.41, 5.74) is 8.12. The van der Waals surface area contributed by atoms with E-state index in [0.717, 1.165) is 37.1 Å². The van der Waals surface area contributed by atoms with E-state index in [4.69, 9.17) is 5.73 Å². The van der Waals surface area contributed by atoms with Crippen LogP contribution in [0.25, 0.3) is 0 Å². The van der Waals surface area contributed by atoms with Crippen molar-refractivity contribution in [3.05, 3.63) is 27.4 Å². The van der Waals surface area contributed by atoms with E-state index in [-0.39, 0.29) is 17.6 Å². The molecule has 1 fully saturated rings. The van der Waals surface area contributed by atoms with Gasteiger partial charge in [0.2, 0.25) is 5.91 Å². The summed E-state index contributed by atoms with van der Waals surface area (Å²) in [5.74, 6) is 0.136.